The molecule has 1 aromatic carbocycles. The van der Waals surface area contributed by atoms with Crippen LogP contribution < -0.4 is 5.32 Å². The standard InChI is InChI=1S/C20H29NO6/c1-15-8-7-12-26-20(15,3)27-16(2)18(22)24-13-11-21-19(23)25-14-17-9-5-4-6-10-17/h4-6,9-10,15-16H,7-8,11-14H2,1-3H3,(H,21,23). The Kier molecular flexibility index (Phi) is 8.06. The third kappa shape index (κ3) is 6.84. The Balaban J connectivity index is 1.61. The predicted molar refractivity (Wildman–Crippen MR) is 98.9 cm³/mol. The van der Waals surface area contributed by atoms with Crippen LogP contribution in [0.1, 0.15) is 39.2 Å². The van der Waals surface area contributed by atoms with Gasteiger partial charge in [0.05, 0.1) is 13.2 Å². The average molecular weight is 379 g/mol. The number of nitrogens with one attached hydrogen (secondary N) is 1. The zero-order chi connectivity index (χ0) is 19.7. The van der Waals surface area contributed by atoms with E-state index in [0.29, 0.717) is 6.61 Å². The van der Waals surface area contributed by atoms with E-state index in [1.807, 2.05) is 44.2 Å². The lowest BCUT2D eigenvalue weighted by molar-refractivity contribution is -0.286. The van der Waals surface area contributed by atoms with Crippen molar-refractivity contribution in [2.45, 2.75) is 52.1 Å². The molecule has 0 aromatic heterocycles. The fraction of sp³-hybridized carbons (Fsp3) is 0.600. The van der Waals surface area contributed by atoms with Gasteiger partial charge in [0.2, 0.25) is 0 Å². The normalized spacial score (nSPS) is 23.3. The van der Waals surface area contributed by atoms with Gasteiger partial charge in [0, 0.05) is 5.92 Å². The summed E-state index contributed by atoms with van der Waals surface area (Å²) >= 11 is 0. The largest absolute Gasteiger partial charge is 0.462 e. The summed E-state index contributed by atoms with van der Waals surface area (Å²) in [6.07, 6.45) is 0.676. The molecule has 150 valence electrons. The molecule has 2 rings (SSSR count). The predicted octanol–water partition coefficient (Wildman–Crippen LogP) is 3.02. The summed E-state index contributed by atoms with van der Waals surface area (Å²) in [5.74, 6) is -1.07. The van der Waals surface area contributed by atoms with Crippen LogP contribution in [-0.4, -0.2) is 43.7 Å². The highest BCUT2D eigenvalue weighted by molar-refractivity contribution is 5.74. The van der Waals surface area contributed by atoms with Gasteiger partial charge in [0.15, 0.2) is 11.9 Å². The van der Waals surface area contributed by atoms with Crippen molar-refractivity contribution in [3.05, 3.63) is 35.9 Å². The number of alkyl carbamates (subject to hydrolysis) is 1. The van der Waals surface area contributed by atoms with E-state index in [2.05, 4.69) is 5.32 Å². The Bertz CT molecular complexity index is 608. The molecule has 3 unspecified atom stereocenters. The van der Waals surface area contributed by atoms with Gasteiger partial charge in [0.25, 0.3) is 0 Å². The second-order valence-electron chi connectivity index (χ2n) is 6.82. The Hall–Kier alpha value is -2.12. The van der Waals surface area contributed by atoms with Crippen LogP contribution in [0, 0.1) is 5.92 Å². The van der Waals surface area contributed by atoms with E-state index in [1.165, 1.54) is 0 Å². The molecule has 0 saturated carbocycles. The maximum atomic E-state index is 12.1. The van der Waals surface area contributed by atoms with E-state index >= 15 is 0 Å². The minimum absolute atomic E-state index is 0.0418. The van der Waals surface area contributed by atoms with Crippen LogP contribution in [0.3, 0.4) is 0 Å². The number of carbonyl (C=O) groups excluding carboxylic acids is 2. The molecule has 1 saturated heterocycles. The maximum absolute atomic E-state index is 12.1. The van der Waals surface area contributed by atoms with Crippen LogP contribution in [0.2, 0.25) is 0 Å². The van der Waals surface area contributed by atoms with Gasteiger partial charge >= 0.3 is 12.1 Å². The van der Waals surface area contributed by atoms with Crippen LogP contribution in [0.15, 0.2) is 30.3 Å². The molecule has 27 heavy (non-hydrogen) atoms. The van der Waals surface area contributed by atoms with Gasteiger partial charge < -0.3 is 24.3 Å². The Morgan fingerprint density at radius 3 is 2.74 bits per heavy atom. The third-order valence-corrected chi connectivity index (χ3v) is 4.64. The van der Waals surface area contributed by atoms with E-state index in [9.17, 15) is 9.59 Å². The Morgan fingerprint density at radius 1 is 1.30 bits per heavy atom. The molecule has 1 aromatic rings. The summed E-state index contributed by atoms with van der Waals surface area (Å²) in [6.45, 7) is 6.55. The first-order valence-corrected chi connectivity index (χ1v) is 9.33. The van der Waals surface area contributed by atoms with E-state index in [1.54, 1.807) is 6.92 Å². The molecule has 0 spiro atoms. The number of benzene rings is 1. The molecule has 7 nitrogen and oxygen atoms in total. The Morgan fingerprint density at radius 2 is 2.04 bits per heavy atom. The van der Waals surface area contributed by atoms with Crippen molar-refractivity contribution >= 4 is 12.1 Å². The molecule has 7 heteroatoms. The molecule has 0 bridgehead atoms. The van der Waals surface area contributed by atoms with Crippen molar-refractivity contribution in [3.8, 4) is 0 Å². The summed E-state index contributed by atoms with van der Waals surface area (Å²) in [5.41, 5.74) is 0.901. The number of amides is 1. The van der Waals surface area contributed by atoms with Gasteiger partial charge in [-0.2, -0.15) is 0 Å². The second-order valence-corrected chi connectivity index (χ2v) is 6.82. The second kappa shape index (κ2) is 10.3. The third-order valence-electron chi connectivity index (χ3n) is 4.64. The average Bonchev–Trinajstić information content (AvgIpc) is 2.66. The van der Waals surface area contributed by atoms with E-state index in [0.717, 1.165) is 18.4 Å². The van der Waals surface area contributed by atoms with Crippen molar-refractivity contribution in [3.63, 3.8) is 0 Å². The molecule has 1 N–H and O–H groups in total. The molecule has 1 heterocycles. The summed E-state index contributed by atoms with van der Waals surface area (Å²) in [4.78, 5) is 23.7. The van der Waals surface area contributed by atoms with Gasteiger partial charge in [-0.15, -0.1) is 0 Å². The van der Waals surface area contributed by atoms with Crippen molar-refractivity contribution in [1.29, 1.82) is 0 Å². The molecule has 1 aliphatic rings. The number of rotatable bonds is 8. The lowest BCUT2D eigenvalue weighted by Crippen LogP contribution is -2.46. The SMILES string of the molecule is CC(OC1(C)OCCCC1C)C(=O)OCCNC(=O)OCc1ccccc1. The number of hydrogen-bond donors (Lipinski definition) is 1. The highest BCUT2D eigenvalue weighted by atomic mass is 16.7. The summed E-state index contributed by atoms with van der Waals surface area (Å²) in [7, 11) is 0. The van der Waals surface area contributed by atoms with Gasteiger partial charge in [-0.1, -0.05) is 37.3 Å². The first kappa shape index (κ1) is 21.2. The van der Waals surface area contributed by atoms with Crippen LogP contribution in [0.5, 0.6) is 0 Å². The summed E-state index contributed by atoms with van der Waals surface area (Å²) in [5, 5.41) is 2.54. The monoisotopic (exact) mass is 379 g/mol. The van der Waals surface area contributed by atoms with Crippen LogP contribution in [0.4, 0.5) is 4.79 Å². The summed E-state index contributed by atoms with van der Waals surface area (Å²) in [6, 6.07) is 9.38. The van der Waals surface area contributed by atoms with E-state index in [4.69, 9.17) is 18.9 Å². The van der Waals surface area contributed by atoms with Gasteiger partial charge in [-0.25, -0.2) is 9.59 Å². The van der Waals surface area contributed by atoms with Gasteiger partial charge in [-0.3, -0.25) is 0 Å². The van der Waals surface area contributed by atoms with Crippen LogP contribution in [0.25, 0.3) is 0 Å². The van der Waals surface area contributed by atoms with Crippen molar-refractivity contribution < 1.29 is 28.5 Å². The number of esters is 1. The first-order chi connectivity index (χ1) is 12.9. The molecule has 0 radical (unpaired) electrons. The van der Waals surface area contributed by atoms with Crippen LogP contribution in [-0.2, 0) is 30.3 Å². The van der Waals surface area contributed by atoms with E-state index in [-0.39, 0.29) is 25.7 Å². The fourth-order valence-corrected chi connectivity index (χ4v) is 2.81. The molecule has 3 atom stereocenters. The minimum Gasteiger partial charge on any atom is -0.462 e. The fourth-order valence-electron chi connectivity index (χ4n) is 2.81. The topological polar surface area (TPSA) is 83.1 Å². The van der Waals surface area contributed by atoms with Crippen molar-refractivity contribution in [1.82, 2.24) is 5.32 Å². The van der Waals surface area contributed by atoms with E-state index < -0.39 is 24.0 Å². The molecule has 1 aliphatic heterocycles. The van der Waals surface area contributed by atoms with Gasteiger partial charge in [0.1, 0.15) is 13.2 Å². The highest BCUT2D eigenvalue weighted by Gasteiger charge is 2.39. The summed E-state index contributed by atoms with van der Waals surface area (Å²) < 4.78 is 21.8. The lowest BCUT2D eigenvalue weighted by Gasteiger charge is -2.40. The molecule has 1 fully saturated rings. The minimum atomic E-state index is -0.782. The molecular formula is C20H29NO6. The zero-order valence-electron chi connectivity index (χ0n) is 16.2. The molecular weight excluding hydrogens is 350 g/mol. The van der Waals surface area contributed by atoms with Crippen LogP contribution >= 0.6 is 0 Å². The quantitative estimate of drug-likeness (QED) is 0.552. The number of hydrogen-bond acceptors (Lipinski definition) is 6. The van der Waals surface area contributed by atoms with Gasteiger partial charge in [-0.05, 0) is 32.3 Å². The van der Waals surface area contributed by atoms with Crippen molar-refractivity contribution in [2.24, 2.45) is 5.92 Å². The smallest absolute Gasteiger partial charge is 0.407 e. The maximum Gasteiger partial charge on any atom is 0.407 e. The lowest BCUT2D eigenvalue weighted by atomic mass is 9.94. The molecule has 1 amide bonds. The first-order valence-electron chi connectivity index (χ1n) is 9.33. The Labute approximate surface area is 160 Å². The number of ether oxygens (including phenoxy) is 4. The van der Waals surface area contributed by atoms with Crippen molar-refractivity contribution in [2.75, 3.05) is 19.8 Å². The highest BCUT2D eigenvalue weighted by Crippen LogP contribution is 2.32. The molecule has 0 aliphatic carbocycles. The number of carbonyl (C=O) groups is 2. The zero-order valence-corrected chi connectivity index (χ0v) is 16.2.